The number of fused-ring (bicyclic) bond motifs is 1. The fourth-order valence-electron chi connectivity index (χ4n) is 2.01. The number of aromatic nitrogens is 2. The van der Waals surface area contributed by atoms with Gasteiger partial charge in [0.15, 0.2) is 0 Å². The SMILES string of the molecule is NCc1ccc2cc(-c3ccncc3)ccc2n1. The number of pyridine rings is 2. The fourth-order valence-corrected chi connectivity index (χ4v) is 2.01. The molecule has 0 saturated heterocycles. The van der Waals surface area contributed by atoms with Crippen molar-refractivity contribution in [2.45, 2.75) is 6.54 Å². The van der Waals surface area contributed by atoms with Crippen LogP contribution in [0, 0.1) is 0 Å². The van der Waals surface area contributed by atoms with Gasteiger partial charge >= 0.3 is 0 Å². The summed E-state index contributed by atoms with van der Waals surface area (Å²) in [6, 6.07) is 14.3. The molecule has 0 fully saturated rings. The Morgan fingerprint density at radius 1 is 0.889 bits per heavy atom. The maximum atomic E-state index is 5.59. The maximum Gasteiger partial charge on any atom is 0.0706 e. The van der Waals surface area contributed by atoms with Crippen LogP contribution in [0.2, 0.25) is 0 Å². The van der Waals surface area contributed by atoms with Crippen molar-refractivity contribution in [3.05, 3.63) is 60.6 Å². The zero-order chi connectivity index (χ0) is 12.4. The summed E-state index contributed by atoms with van der Waals surface area (Å²) in [6.07, 6.45) is 3.60. The summed E-state index contributed by atoms with van der Waals surface area (Å²) in [7, 11) is 0. The molecule has 2 N–H and O–H groups in total. The van der Waals surface area contributed by atoms with E-state index >= 15 is 0 Å². The van der Waals surface area contributed by atoms with Crippen molar-refractivity contribution >= 4 is 10.9 Å². The van der Waals surface area contributed by atoms with E-state index < -0.39 is 0 Å². The number of hydrogen-bond donors (Lipinski definition) is 1. The summed E-state index contributed by atoms with van der Waals surface area (Å²) >= 11 is 0. The Morgan fingerprint density at radius 3 is 2.50 bits per heavy atom. The van der Waals surface area contributed by atoms with Crippen LogP contribution in [0.1, 0.15) is 5.69 Å². The zero-order valence-electron chi connectivity index (χ0n) is 9.88. The molecule has 0 saturated carbocycles. The summed E-state index contributed by atoms with van der Waals surface area (Å²) in [5, 5.41) is 1.13. The van der Waals surface area contributed by atoms with Crippen LogP contribution in [0.15, 0.2) is 54.9 Å². The first kappa shape index (κ1) is 10.9. The molecule has 2 heterocycles. The van der Waals surface area contributed by atoms with Gasteiger partial charge in [0.25, 0.3) is 0 Å². The highest BCUT2D eigenvalue weighted by atomic mass is 14.7. The molecule has 0 bridgehead atoms. The van der Waals surface area contributed by atoms with Crippen molar-refractivity contribution in [1.82, 2.24) is 9.97 Å². The predicted molar refractivity (Wildman–Crippen MR) is 72.9 cm³/mol. The lowest BCUT2D eigenvalue weighted by Gasteiger charge is -2.04. The summed E-state index contributed by atoms with van der Waals surface area (Å²) in [5.41, 5.74) is 9.83. The van der Waals surface area contributed by atoms with Gasteiger partial charge in [0, 0.05) is 24.3 Å². The fraction of sp³-hybridized carbons (Fsp3) is 0.0667. The minimum atomic E-state index is 0.474. The number of nitrogens with zero attached hydrogens (tertiary/aromatic N) is 2. The molecule has 0 spiro atoms. The van der Waals surface area contributed by atoms with E-state index in [2.05, 4.69) is 28.2 Å². The molecule has 0 atom stereocenters. The standard InChI is InChI=1S/C15H13N3/c16-10-14-3-1-13-9-12(2-4-15(13)18-14)11-5-7-17-8-6-11/h1-9H,10,16H2. The molecular formula is C15H13N3. The lowest BCUT2D eigenvalue weighted by molar-refractivity contribution is 1.01. The zero-order valence-corrected chi connectivity index (χ0v) is 9.88. The van der Waals surface area contributed by atoms with Crippen molar-refractivity contribution in [2.24, 2.45) is 5.73 Å². The Kier molecular flexibility index (Phi) is 2.74. The summed E-state index contributed by atoms with van der Waals surface area (Å²) in [6.45, 7) is 0.474. The Bertz CT molecular complexity index is 678. The van der Waals surface area contributed by atoms with E-state index in [1.54, 1.807) is 12.4 Å². The molecule has 3 rings (SSSR count). The average molecular weight is 235 g/mol. The third-order valence-corrected chi connectivity index (χ3v) is 2.97. The Hall–Kier alpha value is -2.26. The van der Waals surface area contributed by atoms with Gasteiger partial charge in [0.1, 0.15) is 0 Å². The first-order valence-corrected chi connectivity index (χ1v) is 5.87. The molecule has 0 aliphatic heterocycles. The van der Waals surface area contributed by atoms with Crippen LogP contribution in [-0.4, -0.2) is 9.97 Å². The molecule has 2 aromatic heterocycles. The van der Waals surface area contributed by atoms with Gasteiger partial charge in [0.2, 0.25) is 0 Å². The Morgan fingerprint density at radius 2 is 1.72 bits per heavy atom. The minimum Gasteiger partial charge on any atom is -0.325 e. The second-order valence-electron chi connectivity index (χ2n) is 4.15. The first-order chi connectivity index (χ1) is 8.86. The molecule has 88 valence electrons. The van der Waals surface area contributed by atoms with E-state index in [-0.39, 0.29) is 0 Å². The van der Waals surface area contributed by atoms with Crippen LogP contribution in [0.4, 0.5) is 0 Å². The van der Waals surface area contributed by atoms with Gasteiger partial charge in [-0.1, -0.05) is 12.1 Å². The molecule has 18 heavy (non-hydrogen) atoms. The molecule has 1 aromatic carbocycles. The van der Waals surface area contributed by atoms with Crippen molar-refractivity contribution in [2.75, 3.05) is 0 Å². The number of rotatable bonds is 2. The highest BCUT2D eigenvalue weighted by molar-refractivity contribution is 5.84. The third-order valence-electron chi connectivity index (χ3n) is 2.97. The Balaban J connectivity index is 2.12. The van der Waals surface area contributed by atoms with Gasteiger partial charge in [-0.3, -0.25) is 9.97 Å². The molecule has 3 nitrogen and oxygen atoms in total. The predicted octanol–water partition coefficient (Wildman–Crippen LogP) is 2.76. The largest absolute Gasteiger partial charge is 0.325 e. The smallest absolute Gasteiger partial charge is 0.0706 e. The van der Waals surface area contributed by atoms with Crippen molar-refractivity contribution < 1.29 is 0 Å². The molecule has 3 heteroatoms. The molecule has 0 amide bonds. The van der Waals surface area contributed by atoms with E-state index in [9.17, 15) is 0 Å². The molecule has 0 radical (unpaired) electrons. The van der Waals surface area contributed by atoms with Crippen LogP contribution in [0.5, 0.6) is 0 Å². The van der Waals surface area contributed by atoms with Gasteiger partial charge in [-0.15, -0.1) is 0 Å². The van der Waals surface area contributed by atoms with Crippen molar-refractivity contribution in [3.8, 4) is 11.1 Å². The van der Waals surface area contributed by atoms with Crippen LogP contribution in [-0.2, 0) is 6.54 Å². The monoisotopic (exact) mass is 235 g/mol. The van der Waals surface area contributed by atoms with Crippen LogP contribution in [0.3, 0.4) is 0 Å². The number of nitrogens with two attached hydrogens (primary N) is 1. The van der Waals surface area contributed by atoms with Crippen LogP contribution >= 0.6 is 0 Å². The quantitative estimate of drug-likeness (QED) is 0.743. The van der Waals surface area contributed by atoms with Crippen LogP contribution in [0.25, 0.3) is 22.0 Å². The second-order valence-corrected chi connectivity index (χ2v) is 4.15. The molecule has 0 aliphatic carbocycles. The minimum absolute atomic E-state index is 0.474. The normalized spacial score (nSPS) is 10.7. The highest BCUT2D eigenvalue weighted by Gasteiger charge is 2.01. The van der Waals surface area contributed by atoms with E-state index in [1.807, 2.05) is 24.3 Å². The van der Waals surface area contributed by atoms with Gasteiger partial charge in [-0.25, -0.2) is 0 Å². The van der Waals surface area contributed by atoms with E-state index in [0.717, 1.165) is 22.2 Å². The first-order valence-electron chi connectivity index (χ1n) is 5.87. The summed E-state index contributed by atoms with van der Waals surface area (Å²) < 4.78 is 0. The number of benzene rings is 1. The van der Waals surface area contributed by atoms with E-state index in [1.165, 1.54) is 5.56 Å². The van der Waals surface area contributed by atoms with Gasteiger partial charge < -0.3 is 5.73 Å². The number of hydrogen-bond acceptors (Lipinski definition) is 3. The lowest BCUT2D eigenvalue weighted by atomic mass is 10.0. The summed E-state index contributed by atoms with van der Waals surface area (Å²) in [5.74, 6) is 0. The van der Waals surface area contributed by atoms with Gasteiger partial charge in [-0.05, 0) is 41.5 Å². The Labute approximate surface area is 105 Å². The second kappa shape index (κ2) is 4.55. The average Bonchev–Trinajstić information content (AvgIpc) is 2.47. The molecule has 3 aromatic rings. The maximum absolute atomic E-state index is 5.59. The molecule has 0 aliphatic rings. The van der Waals surface area contributed by atoms with Crippen molar-refractivity contribution in [1.29, 1.82) is 0 Å². The van der Waals surface area contributed by atoms with Crippen molar-refractivity contribution in [3.63, 3.8) is 0 Å². The van der Waals surface area contributed by atoms with Gasteiger partial charge in [0.05, 0.1) is 11.2 Å². The molecule has 0 unspecified atom stereocenters. The van der Waals surface area contributed by atoms with Gasteiger partial charge in [-0.2, -0.15) is 0 Å². The van der Waals surface area contributed by atoms with Crippen LogP contribution < -0.4 is 5.73 Å². The summed E-state index contributed by atoms with van der Waals surface area (Å²) in [4.78, 5) is 8.52. The molecular weight excluding hydrogens is 222 g/mol. The highest BCUT2D eigenvalue weighted by Crippen LogP contribution is 2.23. The van der Waals surface area contributed by atoms with E-state index in [0.29, 0.717) is 6.54 Å². The van der Waals surface area contributed by atoms with E-state index in [4.69, 9.17) is 5.73 Å². The topological polar surface area (TPSA) is 51.8 Å². The third kappa shape index (κ3) is 1.96. The lowest BCUT2D eigenvalue weighted by Crippen LogP contribution is -1.98.